The van der Waals surface area contributed by atoms with Crippen LogP contribution in [0.4, 0.5) is 32.4 Å². The summed E-state index contributed by atoms with van der Waals surface area (Å²) >= 11 is 0. The number of anilines is 1. The molecular formula is C32H29F5N6O5. The average molecular weight is 673 g/mol. The first-order valence-electron chi connectivity index (χ1n) is 14.7. The molecule has 11 nitrogen and oxygen atoms in total. The number of carboxylic acid groups (broad SMARTS) is 1. The molecule has 0 bridgehead atoms. The molecule has 0 unspecified atom stereocenters. The van der Waals surface area contributed by atoms with E-state index in [4.69, 9.17) is 0 Å². The SMILES string of the molecule is CC(C)[C@H](NC(=O)O)C(=O)N1CCC[C@H]1c1ncc(-c2ccc(-c3cc(F)c(NC(=O)c4ccc(F)nc4)cc3OC(F)(F)F)cc2)[nH]1. The summed E-state index contributed by atoms with van der Waals surface area (Å²) in [7, 11) is 0. The minimum absolute atomic E-state index is 0.155. The lowest BCUT2D eigenvalue weighted by atomic mass is 10.0. The fraction of sp³-hybridized carbons (Fsp3) is 0.281. The Bertz CT molecular complexity index is 1810. The zero-order valence-electron chi connectivity index (χ0n) is 25.4. The third kappa shape index (κ3) is 7.70. The first-order valence-corrected chi connectivity index (χ1v) is 14.7. The van der Waals surface area contributed by atoms with E-state index < -0.39 is 53.6 Å². The van der Waals surface area contributed by atoms with E-state index in [1.54, 1.807) is 30.9 Å². The van der Waals surface area contributed by atoms with Crippen LogP contribution in [0.5, 0.6) is 5.75 Å². The maximum atomic E-state index is 15.1. The van der Waals surface area contributed by atoms with Crippen molar-refractivity contribution in [1.29, 1.82) is 0 Å². The lowest BCUT2D eigenvalue weighted by molar-refractivity contribution is -0.274. The van der Waals surface area contributed by atoms with Crippen molar-refractivity contribution in [1.82, 2.24) is 25.2 Å². The van der Waals surface area contributed by atoms with Gasteiger partial charge >= 0.3 is 12.5 Å². The molecule has 48 heavy (non-hydrogen) atoms. The van der Waals surface area contributed by atoms with Crippen molar-refractivity contribution in [2.24, 2.45) is 5.92 Å². The predicted octanol–water partition coefficient (Wildman–Crippen LogP) is 6.52. The van der Waals surface area contributed by atoms with Crippen molar-refractivity contribution in [3.05, 3.63) is 84.1 Å². The molecule has 3 amide bonds. The zero-order valence-corrected chi connectivity index (χ0v) is 25.4. The van der Waals surface area contributed by atoms with E-state index in [1.165, 1.54) is 18.3 Å². The van der Waals surface area contributed by atoms with Crippen molar-refractivity contribution in [2.45, 2.75) is 45.1 Å². The molecule has 16 heteroatoms. The fourth-order valence-corrected chi connectivity index (χ4v) is 5.41. The molecule has 1 fully saturated rings. The molecule has 0 aliphatic carbocycles. The van der Waals surface area contributed by atoms with Crippen LogP contribution in [0.25, 0.3) is 22.4 Å². The molecule has 4 N–H and O–H groups in total. The Kier molecular flexibility index (Phi) is 9.63. The number of nitrogens with one attached hydrogen (secondary N) is 3. The predicted molar refractivity (Wildman–Crippen MR) is 162 cm³/mol. The number of pyridine rings is 1. The third-order valence-electron chi connectivity index (χ3n) is 7.70. The van der Waals surface area contributed by atoms with Gasteiger partial charge in [0.1, 0.15) is 23.4 Å². The summed E-state index contributed by atoms with van der Waals surface area (Å²) in [4.78, 5) is 49.5. The van der Waals surface area contributed by atoms with E-state index in [2.05, 4.69) is 30.3 Å². The molecular weight excluding hydrogens is 643 g/mol. The average Bonchev–Trinajstić information content (AvgIpc) is 3.71. The van der Waals surface area contributed by atoms with Gasteiger partial charge in [0, 0.05) is 24.4 Å². The topological polar surface area (TPSA) is 150 Å². The van der Waals surface area contributed by atoms with Gasteiger partial charge in [-0.15, -0.1) is 13.2 Å². The second kappa shape index (κ2) is 13.7. The van der Waals surface area contributed by atoms with Gasteiger partial charge in [-0.25, -0.2) is 19.2 Å². The number of amides is 3. The Morgan fingerprint density at radius 2 is 1.73 bits per heavy atom. The minimum Gasteiger partial charge on any atom is -0.465 e. The lowest BCUT2D eigenvalue weighted by Gasteiger charge is -2.29. The Morgan fingerprint density at radius 1 is 1.02 bits per heavy atom. The largest absolute Gasteiger partial charge is 0.573 e. The van der Waals surface area contributed by atoms with Crippen LogP contribution >= 0.6 is 0 Å². The van der Waals surface area contributed by atoms with Gasteiger partial charge in [0.2, 0.25) is 11.9 Å². The number of aromatic nitrogens is 3. The van der Waals surface area contributed by atoms with Gasteiger partial charge in [-0.3, -0.25) is 9.59 Å². The summed E-state index contributed by atoms with van der Waals surface area (Å²) in [5.41, 5.74) is 0.265. The fourth-order valence-electron chi connectivity index (χ4n) is 5.41. The maximum absolute atomic E-state index is 15.1. The first kappa shape index (κ1) is 33.8. The molecule has 0 radical (unpaired) electrons. The van der Waals surface area contributed by atoms with E-state index in [1.807, 2.05) is 0 Å². The normalized spacial score (nSPS) is 15.3. The summed E-state index contributed by atoms with van der Waals surface area (Å²) < 4.78 is 72.5. The molecule has 1 aliphatic heterocycles. The van der Waals surface area contributed by atoms with Crippen molar-refractivity contribution in [3.63, 3.8) is 0 Å². The van der Waals surface area contributed by atoms with Crippen molar-refractivity contribution in [2.75, 3.05) is 11.9 Å². The van der Waals surface area contributed by atoms with Crippen LogP contribution in [-0.2, 0) is 4.79 Å². The molecule has 0 spiro atoms. The number of rotatable bonds is 9. The minimum atomic E-state index is -5.14. The molecule has 0 saturated carbocycles. The van der Waals surface area contributed by atoms with E-state index in [0.29, 0.717) is 42.5 Å². The number of carbonyl (C=O) groups excluding carboxylic acids is 2. The second-order valence-electron chi connectivity index (χ2n) is 11.3. The lowest BCUT2D eigenvalue weighted by Crippen LogP contribution is -2.50. The molecule has 2 aromatic heterocycles. The number of alkyl halides is 3. The Morgan fingerprint density at radius 3 is 2.35 bits per heavy atom. The number of hydrogen-bond donors (Lipinski definition) is 4. The quantitative estimate of drug-likeness (QED) is 0.117. The number of ether oxygens (including phenoxy) is 1. The van der Waals surface area contributed by atoms with Crippen LogP contribution in [0.3, 0.4) is 0 Å². The van der Waals surface area contributed by atoms with Crippen LogP contribution < -0.4 is 15.4 Å². The Balaban J connectivity index is 1.38. The number of aromatic amines is 1. The van der Waals surface area contributed by atoms with Gasteiger partial charge in [-0.05, 0) is 48.1 Å². The highest BCUT2D eigenvalue weighted by Gasteiger charge is 2.37. The number of halogens is 5. The van der Waals surface area contributed by atoms with Gasteiger partial charge < -0.3 is 30.4 Å². The van der Waals surface area contributed by atoms with Gasteiger partial charge in [0.15, 0.2) is 0 Å². The highest BCUT2D eigenvalue weighted by molar-refractivity contribution is 6.04. The summed E-state index contributed by atoms with van der Waals surface area (Å²) in [6.07, 6.45) is -2.74. The highest BCUT2D eigenvalue weighted by atomic mass is 19.4. The molecule has 252 valence electrons. The summed E-state index contributed by atoms with van der Waals surface area (Å²) in [5, 5.41) is 13.6. The van der Waals surface area contributed by atoms with Crippen LogP contribution in [0.15, 0.2) is 60.9 Å². The summed E-state index contributed by atoms with van der Waals surface area (Å²) in [6.45, 7) is 3.90. The number of likely N-dealkylation sites (tertiary alicyclic amines) is 1. The van der Waals surface area contributed by atoms with Gasteiger partial charge in [-0.2, -0.15) is 4.39 Å². The molecule has 5 rings (SSSR count). The number of hydrogen-bond acceptors (Lipinski definition) is 6. The van der Waals surface area contributed by atoms with E-state index in [9.17, 15) is 37.1 Å². The smallest absolute Gasteiger partial charge is 0.465 e. The van der Waals surface area contributed by atoms with E-state index in [-0.39, 0.29) is 28.5 Å². The van der Waals surface area contributed by atoms with E-state index in [0.717, 1.165) is 24.4 Å². The van der Waals surface area contributed by atoms with Gasteiger partial charge in [0.05, 0.1) is 29.2 Å². The van der Waals surface area contributed by atoms with Gasteiger partial charge in [-0.1, -0.05) is 38.1 Å². The Hall–Kier alpha value is -5.54. The molecule has 2 aromatic carbocycles. The highest BCUT2D eigenvalue weighted by Crippen LogP contribution is 2.39. The van der Waals surface area contributed by atoms with Crippen molar-refractivity contribution < 1.29 is 46.2 Å². The maximum Gasteiger partial charge on any atom is 0.573 e. The molecule has 1 aliphatic rings. The molecule has 1 saturated heterocycles. The van der Waals surface area contributed by atoms with Gasteiger partial charge in [0.25, 0.3) is 5.91 Å². The monoisotopic (exact) mass is 672 g/mol. The van der Waals surface area contributed by atoms with Crippen molar-refractivity contribution >= 4 is 23.6 Å². The third-order valence-corrected chi connectivity index (χ3v) is 7.70. The molecule has 3 heterocycles. The number of nitrogens with zero attached hydrogens (tertiary/aromatic N) is 3. The van der Waals surface area contributed by atoms with Crippen LogP contribution in [0, 0.1) is 17.7 Å². The number of H-pyrrole nitrogens is 1. The van der Waals surface area contributed by atoms with Crippen LogP contribution in [0.1, 0.15) is 48.9 Å². The first-order chi connectivity index (χ1) is 22.7. The van der Waals surface area contributed by atoms with Crippen LogP contribution in [-0.4, -0.2) is 61.8 Å². The summed E-state index contributed by atoms with van der Waals surface area (Å²) in [5.74, 6) is -3.80. The second-order valence-corrected chi connectivity index (χ2v) is 11.3. The standard InChI is InChI=1S/C32H29F5N6O5/c1-16(2)27(42-31(46)47)30(45)43-11-3-4-24(43)28-39-15-23(40-28)18-7-5-17(6-8-18)20-12-21(33)22(13-25(20)48-32(35,36)37)41-29(44)19-9-10-26(34)38-14-19/h5-10,12-16,24,27,42H,3-4,11H2,1-2H3,(H,39,40)(H,41,44)(H,46,47)/t24-,27-/m0/s1. The summed E-state index contributed by atoms with van der Waals surface area (Å²) in [6, 6.07) is 8.15. The number of carbonyl (C=O) groups is 3. The zero-order chi connectivity index (χ0) is 34.7. The number of benzene rings is 2. The Labute approximate surface area is 270 Å². The van der Waals surface area contributed by atoms with Crippen molar-refractivity contribution in [3.8, 4) is 28.1 Å². The molecule has 4 aromatic rings. The van der Waals surface area contributed by atoms with E-state index >= 15 is 4.39 Å². The number of imidazole rings is 1. The van der Waals surface area contributed by atoms with Crippen LogP contribution in [0.2, 0.25) is 0 Å². The molecule has 2 atom stereocenters.